The van der Waals surface area contributed by atoms with Gasteiger partial charge in [-0.15, -0.1) is 0 Å². The van der Waals surface area contributed by atoms with Crippen LogP contribution in [0.1, 0.15) is 36.7 Å². The van der Waals surface area contributed by atoms with Crippen LogP contribution in [0.2, 0.25) is 0 Å². The van der Waals surface area contributed by atoms with E-state index in [-0.39, 0.29) is 17.0 Å². The quantitative estimate of drug-likeness (QED) is 0.502. The van der Waals surface area contributed by atoms with Crippen molar-refractivity contribution in [2.45, 2.75) is 26.2 Å². The molecule has 0 saturated heterocycles. The number of hydrogen-bond acceptors (Lipinski definition) is 4. The molecule has 0 aliphatic heterocycles. The molecule has 0 fully saturated rings. The summed E-state index contributed by atoms with van der Waals surface area (Å²) in [6, 6.07) is 12.1. The topological polar surface area (TPSA) is 77.5 Å². The molecule has 6 nitrogen and oxygen atoms in total. The van der Waals surface area contributed by atoms with Crippen LogP contribution in [0.4, 0.5) is 5.69 Å². The highest BCUT2D eigenvalue weighted by Crippen LogP contribution is 2.23. The number of rotatable bonds is 2. The second-order valence-electron chi connectivity index (χ2n) is 7.10. The van der Waals surface area contributed by atoms with Crippen LogP contribution in [-0.2, 0) is 12.5 Å². The van der Waals surface area contributed by atoms with Crippen molar-refractivity contribution in [2.24, 2.45) is 12.0 Å². The average Bonchev–Trinajstić information content (AvgIpc) is 2.89. The maximum absolute atomic E-state index is 12.5. The van der Waals surface area contributed by atoms with E-state index >= 15 is 0 Å². The summed E-state index contributed by atoms with van der Waals surface area (Å²) in [7, 11) is 1.75. The number of non-ortho nitro benzene ring substituents is 1. The zero-order valence-corrected chi connectivity index (χ0v) is 15.8. The fourth-order valence-electron chi connectivity index (χ4n) is 2.60. The Morgan fingerprint density at radius 2 is 1.81 bits per heavy atom. The minimum absolute atomic E-state index is 0.0153. The molecule has 0 aliphatic rings. The molecule has 1 amide bonds. The minimum Gasteiger partial charge on any atom is -0.319 e. The fraction of sp³-hybridized carbons (Fsp3) is 0.263. The Morgan fingerprint density at radius 1 is 1.15 bits per heavy atom. The molecule has 2 aromatic carbocycles. The van der Waals surface area contributed by atoms with Gasteiger partial charge in [0.25, 0.3) is 11.6 Å². The first-order chi connectivity index (χ1) is 12.2. The lowest BCUT2D eigenvalue weighted by Crippen LogP contribution is -2.14. The molecule has 0 N–H and O–H groups in total. The number of aromatic nitrogens is 1. The molecule has 1 heterocycles. The maximum atomic E-state index is 12.5. The predicted octanol–water partition coefficient (Wildman–Crippen LogP) is 4.19. The molecule has 1 aromatic heterocycles. The van der Waals surface area contributed by atoms with Gasteiger partial charge in [0.15, 0.2) is 4.80 Å². The van der Waals surface area contributed by atoms with Crippen molar-refractivity contribution in [3.8, 4) is 0 Å². The number of nitro benzene ring substituents is 1. The van der Waals surface area contributed by atoms with Crippen molar-refractivity contribution >= 4 is 33.1 Å². The summed E-state index contributed by atoms with van der Waals surface area (Å²) in [5.74, 6) is -0.331. The molecule has 7 heteroatoms. The monoisotopic (exact) mass is 369 g/mol. The third-order valence-electron chi connectivity index (χ3n) is 4.20. The molecule has 0 bridgehead atoms. The van der Waals surface area contributed by atoms with Crippen molar-refractivity contribution in [3.63, 3.8) is 0 Å². The normalized spacial score (nSPS) is 12.5. The molecule has 134 valence electrons. The van der Waals surface area contributed by atoms with Gasteiger partial charge in [-0.2, -0.15) is 4.99 Å². The second kappa shape index (κ2) is 6.49. The average molecular weight is 369 g/mol. The standard InChI is InChI=1S/C19H19N3O3S/c1-19(2,3)13-7-5-12(6-8-13)17(23)20-18-21(4)15-11-14(22(24)25)9-10-16(15)26-18/h5-11H,1-4H3. The fourth-order valence-corrected chi connectivity index (χ4v) is 3.60. The number of hydrogen-bond donors (Lipinski definition) is 0. The number of amides is 1. The highest BCUT2D eigenvalue weighted by molar-refractivity contribution is 7.16. The van der Waals surface area contributed by atoms with Crippen molar-refractivity contribution in [3.05, 3.63) is 68.5 Å². The Bertz CT molecular complexity index is 1070. The van der Waals surface area contributed by atoms with E-state index in [2.05, 4.69) is 25.8 Å². The summed E-state index contributed by atoms with van der Waals surface area (Å²) >= 11 is 1.33. The zero-order valence-electron chi connectivity index (χ0n) is 15.0. The first-order valence-corrected chi connectivity index (χ1v) is 8.92. The van der Waals surface area contributed by atoms with Gasteiger partial charge in [-0.05, 0) is 29.2 Å². The summed E-state index contributed by atoms with van der Waals surface area (Å²) < 4.78 is 2.54. The Labute approximate surface area is 154 Å². The summed E-state index contributed by atoms with van der Waals surface area (Å²) in [6.07, 6.45) is 0. The molecule has 0 saturated carbocycles. The number of nitrogens with zero attached hydrogens (tertiary/aromatic N) is 3. The molecule has 0 unspecified atom stereocenters. The van der Waals surface area contributed by atoms with Crippen LogP contribution >= 0.6 is 11.3 Å². The number of carbonyl (C=O) groups excluding carboxylic acids is 1. The third kappa shape index (κ3) is 3.43. The zero-order chi connectivity index (χ0) is 19.1. The van der Waals surface area contributed by atoms with Gasteiger partial charge in [0.1, 0.15) is 0 Å². The lowest BCUT2D eigenvalue weighted by molar-refractivity contribution is -0.384. The van der Waals surface area contributed by atoms with Crippen molar-refractivity contribution in [1.82, 2.24) is 4.57 Å². The molecule has 0 radical (unpaired) electrons. The number of nitro groups is 1. The van der Waals surface area contributed by atoms with Gasteiger partial charge in [-0.1, -0.05) is 44.2 Å². The lowest BCUT2D eigenvalue weighted by Gasteiger charge is -2.18. The molecule has 0 atom stereocenters. The first kappa shape index (κ1) is 18.0. The predicted molar refractivity (Wildman–Crippen MR) is 102 cm³/mol. The van der Waals surface area contributed by atoms with Gasteiger partial charge in [-0.25, -0.2) is 0 Å². The number of fused-ring (bicyclic) bond motifs is 1. The van der Waals surface area contributed by atoms with Crippen molar-refractivity contribution in [1.29, 1.82) is 0 Å². The molecule has 26 heavy (non-hydrogen) atoms. The SMILES string of the molecule is Cn1c(=NC(=O)c2ccc(C(C)(C)C)cc2)sc2ccc([N+](=O)[O-])cc21. The van der Waals surface area contributed by atoms with E-state index in [1.54, 1.807) is 29.8 Å². The Kier molecular flexibility index (Phi) is 4.50. The van der Waals surface area contributed by atoms with Gasteiger partial charge in [0.2, 0.25) is 0 Å². The largest absolute Gasteiger partial charge is 0.319 e. The molecule has 3 rings (SSSR count). The third-order valence-corrected chi connectivity index (χ3v) is 5.31. The van der Waals surface area contributed by atoms with Crippen LogP contribution in [0.25, 0.3) is 10.2 Å². The molecule has 3 aromatic rings. The van der Waals surface area contributed by atoms with E-state index in [1.165, 1.54) is 23.5 Å². The van der Waals surface area contributed by atoms with Crippen LogP contribution in [-0.4, -0.2) is 15.4 Å². The van der Waals surface area contributed by atoms with Crippen molar-refractivity contribution < 1.29 is 9.72 Å². The summed E-state index contributed by atoms with van der Waals surface area (Å²) in [5.41, 5.74) is 2.38. The maximum Gasteiger partial charge on any atom is 0.279 e. The second-order valence-corrected chi connectivity index (χ2v) is 8.11. The van der Waals surface area contributed by atoms with E-state index in [9.17, 15) is 14.9 Å². The van der Waals surface area contributed by atoms with Gasteiger partial charge in [-0.3, -0.25) is 14.9 Å². The first-order valence-electron chi connectivity index (χ1n) is 8.10. The van der Waals surface area contributed by atoms with E-state index < -0.39 is 4.92 Å². The van der Waals surface area contributed by atoms with Gasteiger partial charge < -0.3 is 4.57 Å². The summed E-state index contributed by atoms with van der Waals surface area (Å²) in [4.78, 5) is 27.7. The number of aryl methyl sites for hydroxylation is 1. The summed E-state index contributed by atoms with van der Waals surface area (Å²) in [5, 5.41) is 10.9. The van der Waals surface area contributed by atoms with E-state index in [0.29, 0.717) is 15.9 Å². The molecular weight excluding hydrogens is 350 g/mol. The Balaban J connectivity index is 2.00. The van der Waals surface area contributed by atoms with E-state index in [4.69, 9.17) is 0 Å². The highest BCUT2D eigenvalue weighted by atomic mass is 32.1. The van der Waals surface area contributed by atoms with E-state index in [1.807, 2.05) is 12.1 Å². The minimum atomic E-state index is -0.435. The Morgan fingerprint density at radius 3 is 2.38 bits per heavy atom. The van der Waals surface area contributed by atoms with Gasteiger partial charge in [0.05, 0.1) is 15.1 Å². The van der Waals surface area contributed by atoms with Gasteiger partial charge >= 0.3 is 0 Å². The number of benzene rings is 2. The van der Waals surface area contributed by atoms with Gasteiger partial charge in [0, 0.05) is 24.7 Å². The molecule has 0 spiro atoms. The van der Waals surface area contributed by atoms with Crippen LogP contribution in [0.15, 0.2) is 47.5 Å². The van der Waals surface area contributed by atoms with Crippen molar-refractivity contribution in [2.75, 3.05) is 0 Å². The number of carbonyl (C=O) groups is 1. The van der Waals surface area contributed by atoms with Crippen LogP contribution in [0.5, 0.6) is 0 Å². The molecular formula is C19H19N3O3S. The van der Waals surface area contributed by atoms with Crippen LogP contribution in [0.3, 0.4) is 0 Å². The van der Waals surface area contributed by atoms with Crippen LogP contribution in [0, 0.1) is 10.1 Å². The van der Waals surface area contributed by atoms with Crippen LogP contribution < -0.4 is 4.80 Å². The smallest absolute Gasteiger partial charge is 0.279 e. The van der Waals surface area contributed by atoms with E-state index in [0.717, 1.165) is 10.3 Å². The summed E-state index contributed by atoms with van der Waals surface area (Å²) in [6.45, 7) is 6.35. The number of thiazole rings is 1. The lowest BCUT2D eigenvalue weighted by atomic mass is 9.87. The highest BCUT2D eigenvalue weighted by Gasteiger charge is 2.15. The Hall–Kier alpha value is -2.80. The molecule has 0 aliphatic carbocycles.